The zero-order chi connectivity index (χ0) is 17.7. The molecule has 126 valence electrons. The summed E-state index contributed by atoms with van der Waals surface area (Å²) in [6.45, 7) is 0. The van der Waals surface area contributed by atoms with E-state index >= 15 is 0 Å². The number of hydrogen-bond acceptors (Lipinski definition) is 0. The van der Waals surface area contributed by atoms with Gasteiger partial charge in [-0.2, -0.15) is 0 Å². The lowest BCUT2D eigenvalue weighted by Crippen LogP contribution is -1.88. The highest BCUT2D eigenvalue weighted by atomic mass is 15.0. The average molecular weight is 344 g/mol. The molecule has 7 rings (SSSR count). The van der Waals surface area contributed by atoms with Gasteiger partial charge in [-0.3, -0.25) is 0 Å². The van der Waals surface area contributed by atoms with E-state index in [-0.39, 0.29) is 0 Å². The molecule has 0 fully saturated rings. The summed E-state index contributed by atoms with van der Waals surface area (Å²) in [5.74, 6) is 0. The van der Waals surface area contributed by atoms with E-state index in [9.17, 15) is 0 Å². The molecule has 0 bridgehead atoms. The van der Waals surface area contributed by atoms with Crippen LogP contribution in [-0.2, 0) is 7.05 Å². The third-order valence-corrected chi connectivity index (χ3v) is 6.26. The molecular formula is C25H16N2. The van der Waals surface area contributed by atoms with E-state index in [1.165, 1.54) is 59.9 Å². The number of benzene rings is 4. The number of para-hydroxylation sites is 2. The highest BCUT2D eigenvalue weighted by Crippen LogP contribution is 2.42. The maximum Gasteiger partial charge on any atom is 0.0619 e. The lowest BCUT2D eigenvalue weighted by molar-refractivity contribution is 1.01. The number of aryl methyl sites for hydroxylation is 1. The van der Waals surface area contributed by atoms with Crippen molar-refractivity contribution in [1.29, 1.82) is 0 Å². The lowest BCUT2D eigenvalue weighted by Gasteiger charge is -2.03. The number of aromatic nitrogens is 2. The molecule has 0 radical (unpaired) electrons. The molecule has 27 heavy (non-hydrogen) atoms. The van der Waals surface area contributed by atoms with Crippen molar-refractivity contribution in [1.82, 2.24) is 8.97 Å². The molecule has 3 aromatic heterocycles. The Labute approximate surface area is 155 Å². The van der Waals surface area contributed by atoms with Crippen molar-refractivity contribution in [3.05, 3.63) is 78.9 Å². The zero-order valence-corrected chi connectivity index (χ0v) is 14.9. The van der Waals surface area contributed by atoms with Crippen molar-refractivity contribution in [2.45, 2.75) is 0 Å². The second kappa shape index (κ2) is 4.41. The van der Waals surface area contributed by atoms with Crippen LogP contribution in [-0.4, -0.2) is 8.97 Å². The van der Waals surface area contributed by atoms with E-state index in [1.54, 1.807) is 0 Å². The summed E-state index contributed by atoms with van der Waals surface area (Å²) in [4.78, 5) is 0. The minimum atomic E-state index is 1.28. The molecule has 0 aliphatic carbocycles. The summed E-state index contributed by atoms with van der Waals surface area (Å²) in [7, 11) is 2.18. The van der Waals surface area contributed by atoms with Crippen LogP contribution < -0.4 is 0 Å². The van der Waals surface area contributed by atoms with Crippen LogP contribution in [0.5, 0.6) is 0 Å². The molecule has 2 nitrogen and oxygen atoms in total. The van der Waals surface area contributed by atoms with Gasteiger partial charge >= 0.3 is 0 Å². The van der Waals surface area contributed by atoms with Gasteiger partial charge in [0, 0.05) is 39.5 Å². The third kappa shape index (κ3) is 1.42. The third-order valence-electron chi connectivity index (χ3n) is 6.26. The SMILES string of the molecule is Cn1c2cccc3c4cccc5c6ccccc6n(c6cccc1c6c32)c45. The fraction of sp³-hybridized carbons (Fsp3) is 0.0400. The van der Waals surface area contributed by atoms with Crippen molar-refractivity contribution in [3.63, 3.8) is 0 Å². The van der Waals surface area contributed by atoms with Crippen molar-refractivity contribution in [3.8, 4) is 0 Å². The largest absolute Gasteiger partial charge is 0.344 e. The van der Waals surface area contributed by atoms with Crippen LogP contribution in [0.15, 0.2) is 78.9 Å². The van der Waals surface area contributed by atoms with Crippen molar-refractivity contribution < 1.29 is 0 Å². The van der Waals surface area contributed by atoms with Gasteiger partial charge in [0.2, 0.25) is 0 Å². The van der Waals surface area contributed by atoms with Gasteiger partial charge in [0.15, 0.2) is 0 Å². The lowest BCUT2D eigenvalue weighted by atomic mass is 10.0. The molecule has 0 aliphatic heterocycles. The summed E-state index contributed by atoms with van der Waals surface area (Å²) in [5, 5.41) is 8.01. The van der Waals surface area contributed by atoms with Crippen LogP contribution >= 0.6 is 0 Å². The molecular weight excluding hydrogens is 328 g/mol. The number of hydrogen-bond donors (Lipinski definition) is 0. The molecule has 0 amide bonds. The van der Waals surface area contributed by atoms with Gasteiger partial charge in [-0.15, -0.1) is 0 Å². The summed E-state index contributed by atoms with van der Waals surface area (Å²) in [6, 6.07) is 28.9. The number of rotatable bonds is 0. The van der Waals surface area contributed by atoms with Gasteiger partial charge in [-0.05, 0) is 29.7 Å². The topological polar surface area (TPSA) is 9.34 Å². The van der Waals surface area contributed by atoms with E-state index in [4.69, 9.17) is 0 Å². The molecule has 0 saturated carbocycles. The van der Waals surface area contributed by atoms with Gasteiger partial charge in [-0.25, -0.2) is 0 Å². The average Bonchev–Trinajstić information content (AvgIpc) is 3.16. The Hall–Kier alpha value is -3.52. The minimum Gasteiger partial charge on any atom is -0.344 e. The maximum atomic E-state index is 2.47. The molecule has 0 unspecified atom stereocenters. The molecule has 7 aromatic rings. The first-order valence-corrected chi connectivity index (χ1v) is 9.37. The van der Waals surface area contributed by atoms with Crippen LogP contribution in [0.3, 0.4) is 0 Å². The van der Waals surface area contributed by atoms with Crippen LogP contribution in [0.25, 0.3) is 59.9 Å². The van der Waals surface area contributed by atoms with Crippen LogP contribution in [0, 0.1) is 0 Å². The fourth-order valence-electron chi connectivity index (χ4n) is 5.17. The first-order valence-electron chi connectivity index (χ1n) is 9.37. The van der Waals surface area contributed by atoms with E-state index in [0.717, 1.165) is 0 Å². The second-order valence-electron chi connectivity index (χ2n) is 7.48. The van der Waals surface area contributed by atoms with E-state index in [2.05, 4.69) is 94.9 Å². The van der Waals surface area contributed by atoms with Gasteiger partial charge in [0.1, 0.15) is 0 Å². The summed E-state index contributed by atoms with van der Waals surface area (Å²) in [5.41, 5.74) is 6.45. The normalized spacial score (nSPS) is 12.6. The van der Waals surface area contributed by atoms with E-state index in [1.807, 2.05) is 0 Å². The Kier molecular flexibility index (Phi) is 2.23. The Morgan fingerprint density at radius 3 is 1.93 bits per heavy atom. The van der Waals surface area contributed by atoms with Crippen LogP contribution in [0.2, 0.25) is 0 Å². The van der Waals surface area contributed by atoms with E-state index in [0.29, 0.717) is 0 Å². The Bertz CT molecular complexity index is 1680. The number of nitrogens with zero attached hydrogens (tertiary/aromatic N) is 2. The Balaban J connectivity index is 2.06. The van der Waals surface area contributed by atoms with Crippen LogP contribution in [0.1, 0.15) is 0 Å². The Morgan fingerprint density at radius 2 is 1.04 bits per heavy atom. The van der Waals surface area contributed by atoms with Crippen molar-refractivity contribution in [2.75, 3.05) is 0 Å². The Morgan fingerprint density at radius 1 is 0.481 bits per heavy atom. The second-order valence-corrected chi connectivity index (χ2v) is 7.48. The molecule has 0 atom stereocenters. The quantitative estimate of drug-likeness (QED) is 0.298. The summed E-state index contributed by atoms with van der Waals surface area (Å²) in [6.07, 6.45) is 0. The first-order chi connectivity index (χ1) is 13.3. The molecule has 0 aliphatic rings. The highest BCUT2D eigenvalue weighted by molar-refractivity contribution is 6.30. The maximum absolute atomic E-state index is 2.47. The van der Waals surface area contributed by atoms with Gasteiger partial charge in [0.25, 0.3) is 0 Å². The standard InChI is InChI=1S/C25H16N2/c1-26-20-12-5-8-16-18-10-4-9-17-15-7-2-3-11-19(15)27(25(17)18)22-14-6-13-21(26)24(22)23(16)20/h2-14H,1H3. The molecule has 2 heteroatoms. The molecule has 3 heterocycles. The van der Waals surface area contributed by atoms with Gasteiger partial charge < -0.3 is 8.97 Å². The van der Waals surface area contributed by atoms with E-state index < -0.39 is 0 Å². The molecule has 0 N–H and O–H groups in total. The minimum absolute atomic E-state index is 1.28. The molecule has 0 spiro atoms. The summed E-state index contributed by atoms with van der Waals surface area (Å²) >= 11 is 0. The number of fused-ring (bicyclic) bond motifs is 5. The van der Waals surface area contributed by atoms with Gasteiger partial charge in [-0.1, -0.05) is 54.6 Å². The smallest absolute Gasteiger partial charge is 0.0619 e. The first kappa shape index (κ1) is 13.7. The zero-order valence-electron chi connectivity index (χ0n) is 14.9. The summed E-state index contributed by atoms with van der Waals surface area (Å²) < 4.78 is 4.80. The molecule has 0 saturated heterocycles. The monoisotopic (exact) mass is 344 g/mol. The molecule has 4 aromatic carbocycles. The predicted molar refractivity (Wildman–Crippen MR) is 115 cm³/mol. The van der Waals surface area contributed by atoms with Crippen LogP contribution in [0.4, 0.5) is 0 Å². The van der Waals surface area contributed by atoms with Gasteiger partial charge in [0.05, 0.1) is 22.1 Å². The van der Waals surface area contributed by atoms with Crippen molar-refractivity contribution >= 4 is 59.9 Å². The highest BCUT2D eigenvalue weighted by Gasteiger charge is 2.19. The van der Waals surface area contributed by atoms with Crippen molar-refractivity contribution in [2.24, 2.45) is 7.05 Å². The predicted octanol–water partition coefficient (Wildman–Crippen LogP) is 6.48. The fourth-order valence-corrected chi connectivity index (χ4v) is 5.17.